The summed E-state index contributed by atoms with van der Waals surface area (Å²) in [5, 5.41) is 0. The summed E-state index contributed by atoms with van der Waals surface area (Å²) in [6.45, 7) is 12.9. The van der Waals surface area contributed by atoms with Gasteiger partial charge in [-0.15, -0.1) is 0 Å². The van der Waals surface area contributed by atoms with Gasteiger partial charge >= 0.3 is 0 Å². The van der Waals surface area contributed by atoms with Crippen LogP contribution < -0.4 is 0 Å². The summed E-state index contributed by atoms with van der Waals surface area (Å²) in [6, 6.07) is 0.346. The highest BCUT2D eigenvalue weighted by Crippen LogP contribution is 2.52. The van der Waals surface area contributed by atoms with Gasteiger partial charge in [0.1, 0.15) is 5.69 Å². The van der Waals surface area contributed by atoms with E-state index in [1.807, 2.05) is 6.92 Å². The highest BCUT2D eigenvalue weighted by Gasteiger charge is 2.50. The average Bonchev–Trinajstić information content (AvgIpc) is 2.90. The predicted octanol–water partition coefficient (Wildman–Crippen LogP) is 3.84. The van der Waals surface area contributed by atoms with Gasteiger partial charge in [-0.3, -0.25) is 14.6 Å². The molecule has 29 heavy (non-hydrogen) atoms. The van der Waals surface area contributed by atoms with Crippen molar-refractivity contribution >= 4 is 11.8 Å². The third kappa shape index (κ3) is 5.14. The predicted molar refractivity (Wildman–Crippen MR) is 113 cm³/mol. The minimum absolute atomic E-state index is 0.132. The van der Waals surface area contributed by atoms with Gasteiger partial charge < -0.3 is 9.80 Å². The van der Waals surface area contributed by atoms with Crippen LogP contribution in [0.25, 0.3) is 0 Å². The molecule has 0 N–H and O–H groups in total. The molecule has 6 heteroatoms. The van der Waals surface area contributed by atoms with Crippen molar-refractivity contribution < 1.29 is 9.59 Å². The molecule has 0 radical (unpaired) electrons. The SMILES string of the molecule is CCCCN(CCC(=O)N1C[C@@]2(C)C[C@@H]1CC(C)(C)C2)C(=O)c1cnc(C)cn1. The minimum atomic E-state index is -0.132. The van der Waals surface area contributed by atoms with Gasteiger partial charge in [0.25, 0.3) is 5.91 Å². The van der Waals surface area contributed by atoms with Gasteiger partial charge in [0.15, 0.2) is 0 Å². The molecule has 1 saturated heterocycles. The van der Waals surface area contributed by atoms with Crippen LogP contribution in [0.15, 0.2) is 12.4 Å². The fraction of sp³-hybridized carbons (Fsp3) is 0.739. The minimum Gasteiger partial charge on any atom is -0.339 e. The Hall–Kier alpha value is -1.98. The molecule has 1 saturated carbocycles. The van der Waals surface area contributed by atoms with Crippen molar-refractivity contribution in [3.05, 3.63) is 23.8 Å². The lowest BCUT2D eigenvalue weighted by molar-refractivity contribution is -0.132. The second kappa shape index (κ2) is 8.41. The molecule has 1 aromatic heterocycles. The Morgan fingerprint density at radius 2 is 1.93 bits per heavy atom. The van der Waals surface area contributed by atoms with E-state index in [-0.39, 0.29) is 17.2 Å². The summed E-state index contributed by atoms with van der Waals surface area (Å²) >= 11 is 0. The average molecular weight is 401 g/mol. The van der Waals surface area contributed by atoms with Crippen molar-refractivity contribution in [1.29, 1.82) is 0 Å². The van der Waals surface area contributed by atoms with Crippen molar-refractivity contribution in [1.82, 2.24) is 19.8 Å². The quantitative estimate of drug-likeness (QED) is 0.697. The zero-order valence-electron chi connectivity index (χ0n) is 18.7. The van der Waals surface area contributed by atoms with Gasteiger partial charge in [-0.05, 0) is 43.4 Å². The van der Waals surface area contributed by atoms with Crippen LogP contribution in [-0.2, 0) is 4.79 Å². The first-order chi connectivity index (χ1) is 13.6. The third-order valence-corrected chi connectivity index (χ3v) is 6.40. The lowest BCUT2D eigenvalue weighted by atomic mass is 9.65. The number of carbonyl (C=O) groups is 2. The number of amides is 2. The molecule has 1 aliphatic carbocycles. The van der Waals surface area contributed by atoms with E-state index in [2.05, 4.69) is 42.6 Å². The highest BCUT2D eigenvalue weighted by atomic mass is 16.2. The standard InChI is InChI=1S/C23H36N4O2/c1-6-7-9-26(21(29)19-14-24-17(2)13-25-19)10-8-20(28)27-16-23(5)12-18(27)11-22(3,4)15-23/h13-14,18H,6-12,15-16H2,1-5H3/t18-,23-/m0/s1. The summed E-state index contributed by atoms with van der Waals surface area (Å²) in [5.41, 5.74) is 1.66. The maximum atomic E-state index is 13.1. The van der Waals surface area contributed by atoms with Crippen LogP contribution in [0.5, 0.6) is 0 Å². The van der Waals surface area contributed by atoms with Crippen LogP contribution in [0.3, 0.4) is 0 Å². The number of hydrogen-bond donors (Lipinski definition) is 0. The molecule has 2 amide bonds. The second-order valence-corrected chi connectivity index (χ2v) is 10.2. The topological polar surface area (TPSA) is 66.4 Å². The van der Waals surface area contributed by atoms with E-state index in [9.17, 15) is 9.59 Å². The molecule has 2 aliphatic rings. The van der Waals surface area contributed by atoms with Crippen LogP contribution in [0, 0.1) is 17.8 Å². The van der Waals surface area contributed by atoms with Crippen LogP contribution in [0.2, 0.25) is 0 Å². The molecule has 3 rings (SSSR count). The third-order valence-electron chi connectivity index (χ3n) is 6.40. The number of carbonyl (C=O) groups excluding carboxylic acids is 2. The Kier molecular flexibility index (Phi) is 6.30. The Morgan fingerprint density at radius 3 is 2.59 bits per heavy atom. The van der Waals surface area contributed by atoms with Crippen LogP contribution in [0.4, 0.5) is 0 Å². The van der Waals surface area contributed by atoms with E-state index in [1.54, 1.807) is 11.1 Å². The van der Waals surface area contributed by atoms with Crippen molar-refractivity contribution in [3.63, 3.8) is 0 Å². The molecule has 0 unspecified atom stereocenters. The molecule has 1 aliphatic heterocycles. The summed E-state index contributed by atoms with van der Waals surface area (Å²) in [6.07, 6.45) is 8.80. The number of rotatable bonds is 7. The first kappa shape index (κ1) is 21.7. The monoisotopic (exact) mass is 400 g/mol. The molecular weight excluding hydrogens is 364 g/mol. The van der Waals surface area contributed by atoms with Gasteiger partial charge in [0.05, 0.1) is 11.9 Å². The number of fused-ring (bicyclic) bond motifs is 2. The fourth-order valence-electron chi connectivity index (χ4n) is 5.45. The Balaban J connectivity index is 1.64. The number of aryl methyl sites for hydroxylation is 1. The number of nitrogens with zero attached hydrogens (tertiary/aromatic N) is 4. The van der Waals surface area contributed by atoms with Gasteiger partial charge in [-0.1, -0.05) is 34.1 Å². The van der Waals surface area contributed by atoms with Crippen molar-refractivity contribution in [2.45, 2.75) is 79.2 Å². The first-order valence-electron chi connectivity index (χ1n) is 11.0. The lowest BCUT2D eigenvalue weighted by Gasteiger charge is -2.39. The molecule has 6 nitrogen and oxygen atoms in total. The highest BCUT2D eigenvalue weighted by molar-refractivity contribution is 5.92. The van der Waals surface area contributed by atoms with Gasteiger partial charge in [-0.25, -0.2) is 4.98 Å². The van der Waals surface area contributed by atoms with Gasteiger partial charge in [0, 0.05) is 38.3 Å². The number of aromatic nitrogens is 2. The molecule has 2 bridgehead atoms. The van der Waals surface area contributed by atoms with E-state index >= 15 is 0 Å². The Labute approximate surface area is 175 Å². The summed E-state index contributed by atoms with van der Waals surface area (Å²) in [7, 11) is 0. The zero-order valence-corrected chi connectivity index (χ0v) is 18.7. The molecule has 2 atom stereocenters. The van der Waals surface area contributed by atoms with E-state index in [0.717, 1.165) is 37.9 Å². The number of hydrogen-bond acceptors (Lipinski definition) is 4. The maximum absolute atomic E-state index is 13.1. The van der Waals surface area contributed by atoms with Crippen molar-refractivity contribution in [2.75, 3.05) is 19.6 Å². The summed E-state index contributed by atoms with van der Waals surface area (Å²) in [5.74, 6) is 0.0488. The van der Waals surface area contributed by atoms with Crippen LogP contribution in [-0.4, -0.2) is 57.3 Å². The van der Waals surface area contributed by atoms with E-state index in [4.69, 9.17) is 0 Å². The molecule has 0 aromatic carbocycles. The van der Waals surface area contributed by atoms with Gasteiger partial charge in [-0.2, -0.15) is 0 Å². The van der Waals surface area contributed by atoms with E-state index in [1.165, 1.54) is 12.6 Å². The zero-order chi connectivity index (χ0) is 21.2. The van der Waals surface area contributed by atoms with Gasteiger partial charge in [0.2, 0.25) is 5.91 Å². The van der Waals surface area contributed by atoms with Crippen molar-refractivity contribution in [2.24, 2.45) is 10.8 Å². The first-order valence-corrected chi connectivity index (χ1v) is 11.0. The van der Waals surface area contributed by atoms with E-state index < -0.39 is 0 Å². The van der Waals surface area contributed by atoms with E-state index in [0.29, 0.717) is 36.7 Å². The van der Waals surface area contributed by atoms with Crippen LogP contribution >= 0.6 is 0 Å². The largest absolute Gasteiger partial charge is 0.339 e. The Morgan fingerprint density at radius 1 is 1.17 bits per heavy atom. The van der Waals surface area contributed by atoms with Crippen molar-refractivity contribution in [3.8, 4) is 0 Å². The maximum Gasteiger partial charge on any atom is 0.274 e. The molecule has 0 spiro atoms. The smallest absolute Gasteiger partial charge is 0.274 e. The second-order valence-electron chi connectivity index (χ2n) is 10.2. The number of likely N-dealkylation sites (tertiary alicyclic amines) is 1. The lowest BCUT2D eigenvalue weighted by Crippen LogP contribution is -2.40. The summed E-state index contributed by atoms with van der Waals surface area (Å²) in [4.78, 5) is 38.3. The Bertz CT molecular complexity index is 746. The molecule has 1 aromatic rings. The summed E-state index contributed by atoms with van der Waals surface area (Å²) < 4.78 is 0. The number of unbranched alkanes of at least 4 members (excludes halogenated alkanes) is 1. The molecule has 2 fully saturated rings. The normalized spacial score (nSPS) is 25.1. The molecule has 2 heterocycles. The molecular formula is C23H36N4O2. The van der Waals surface area contributed by atoms with Crippen LogP contribution in [0.1, 0.15) is 82.4 Å². The fourth-order valence-corrected chi connectivity index (χ4v) is 5.45. The molecule has 160 valence electrons.